The van der Waals surface area contributed by atoms with Crippen LogP contribution in [0.2, 0.25) is 0 Å². The molecule has 0 bridgehead atoms. The van der Waals surface area contributed by atoms with Gasteiger partial charge in [-0.1, -0.05) is 12.1 Å². The molecule has 1 aliphatic carbocycles. The van der Waals surface area contributed by atoms with E-state index in [0.717, 1.165) is 36.6 Å². The van der Waals surface area contributed by atoms with Crippen molar-refractivity contribution in [1.29, 1.82) is 0 Å². The number of benzene rings is 1. The quantitative estimate of drug-likeness (QED) is 0.397. The van der Waals surface area contributed by atoms with Crippen molar-refractivity contribution < 1.29 is 37.3 Å². The van der Waals surface area contributed by atoms with Gasteiger partial charge < -0.3 is 30.1 Å². The molecule has 1 saturated carbocycles. The average molecular weight is 579 g/mol. The number of nitrogens with one attached hydrogen (secondary N) is 2. The van der Waals surface area contributed by atoms with Crippen LogP contribution in [0.1, 0.15) is 59.3 Å². The van der Waals surface area contributed by atoms with Gasteiger partial charge in [-0.25, -0.2) is 0 Å². The van der Waals surface area contributed by atoms with Crippen molar-refractivity contribution in [3.8, 4) is 0 Å². The van der Waals surface area contributed by atoms with Crippen LogP contribution in [0.5, 0.6) is 0 Å². The Morgan fingerprint density at radius 2 is 1.88 bits per heavy atom. The van der Waals surface area contributed by atoms with E-state index in [9.17, 15) is 27.9 Å². The molecule has 2 heterocycles. The predicted octanol–water partition coefficient (Wildman–Crippen LogP) is 3.01. The van der Waals surface area contributed by atoms with Crippen molar-refractivity contribution in [2.45, 2.75) is 68.6 Å². The number of ether oxygens (including phenoxy) is 2. The normalized spacial score (nSPS) is 24.8. The maximum absolute atomic E-state index is 13.0. The Kier molecular flexibility index (Phi) is 10.0. The summed E-state index contributed by atoms with van der Waals surface area (Å²) in [6, 6.07) is 7.81. The van der Waals surface area contributed by atoms with Crippen LogP contribution in [0.4, 0.5) is 13.2 Å². The van der Waals surface area contributed by atoms with E-state index in [0.29, 0.717) is 44.7 Å². The van der Waals surface area contributed by atoms with Crippen LogP contribution in [-0.4, -0.2) is 78.8 Å². The lowest BCUT2D eigenvalue weighted by molar-refractivity contribution is -0.137. The molecule has 0 spiro atoms. The summed E-state index contributed by atoms with van der Waals surface area (Å²) in [6.45, 7) is 0.857. The topological polar surface area (TPSA) is 113 Å². The maximum Gasteiger partial charge on any atom is 0.416 e. The number of alkyl halides is 3. The minimum Gasteiger partial charge on any atom is -0.384 e. The van der Waals surface area contributed by atoms with Crippen molar-refractivity contribution in [3.63, 3.8) is 0 Å². The Labute approximate surface area is 237 Å². The molecule has 1 aromatic carbocycles. The number of likely N-dealkylation sites (tertiary alicyclic amines) is 1. The Morgan fingerprint density at radius 3 is 2.51 bits per heavy atom. The first-order valence-electron chi connectivity index (χ1n) is 13.7. The second-order valence-electron chi connectivity index (χ2n) is 10.8. The smallest absolute Gasteiger partial charge is 0.384 e. The Bertz CT molecular complexity index is 1190. The molecule has 41 heavy (non-hydrogen) atoms. The van der Waals surface area contributed by atoms with Crippen molar-refractivity contribution in [1.82, 2.24) is 20.5 Å². The number of halogens is 3. The molecular formula is C29H37F3N4O5. The second-order valence-corrected chi connectivity index (χ2v) is 10.8. The molecule has 2 amide bonds. The van der Waals surface area contributed by atoms with Crippen molar-refractivity contribution in [2.75, 3.05) is 33.9 Å². The summed E-state index contributed by atoms with van der Waals surface area (Å²) in [6.07, 6.45) is 0.405. The molecule has 1 saturated heterocycles. The molecule has 9 nitrogen and oxygen atoms in total. The lowest BCUT2D eigenvalue weighted by atomic mass is 9.79. The highest BCUT2D eigenvalue weighted by molar-refractivity contribution is 5.96. The van der Waals surface area contributed by atoms with Gasteiger partial charge in [0.15, 0.2) is 0 Å². The molecule has 2 aliphatic rings. The number of rotatable bonds is 10. The number of pyridine rings is 1. The lowest BCUT2D eigenvalue weighted by Crippen LogP contribution is -2.47. The lowest BCUT2D eigenvalue weighted by Gasteiger charge is -2.37. The standard InChI is InChI=1S/C29H37F3N4O5/c1-40-17-19-6-7-25(33-14-19)28(39)10-8-22(9-11-28)35-23-13-24(18-41-2)36(16-23)26(37)15-34-27(38)20-4-3-5-21(12-20)29(30,31)32/h3-7,12,14,22-24,35,39H,8-11,13,15-18H2,1-2H3,(H,34,38)/t22?,23?,24-,28?/m0/s1. The summed E-state index contributed by atoms with van der Waals surface area (Å²) >= 11 is 0. The fraction of sp³-hybridized carbons (Fsp3) is 0.552. The van der Waals surface area contributed by atoms with Crippen molar-refractivity contribution >= 4 is 11.8 Å². The minimum absolute atomic E-state index is 0.000846. The molecule has 2 aromatic rings. The first-order valence-corrected chi connectivity index (χ1v) is 13.7. The average Bonchev–Trinajstić information content (AvgIpc) is 3.35. The van der Waals surface area contributed by atoms with E-state index >= 15 is 0 Å². The zero-order chi connectivity index (χ0) is 29.6. The largest absolute Gasteiger partial charge is 0.416 e. The van der Waals surface area contributed by atoms with Crippen LogP contribution in [0.25, 0.3) is 0 Å². The van der Waals surface area contributed by atoms with Gasteiger partial charge in [0, 0.05) is 44.6 Å². The van der Waals surface area contributed by atoms with Gasteiger partial charge in [0.1, 0.15) is 5.60 Å². The third-order valence-electron chi connectivity index (χ3n) is 7.84. The van der Waals surface area contributed by atoms with E-state index in [1.54, 1.807) is 25.3 Å². The molecule has 1 aromatic heterocycles. The molecule has 224 valence electrons. The zero-order valence-electron chi connectivity index (χ0n) is 23.2. The van der Waals surface area contributed by atoms with Crippen molar-refractivity contribution in [3.05, 3.63) is 65.0 Å². The highest BCUT2D eigenvalue weighted by Crippen LogP contribution is 2.37. The number of nitrogens with zero attached hydrogens (tertiary/aromatic N) is 2. The summed E-state index contributed by atoms with van der Waals surface area (Å²) in [7, 11) is 3.17. The van der Waals surface area contributed by atoms with Gasteiger partial charge in [0.05, 0.1) is 37.1 Å². The Balaban J connectivity index is 1.29. The Hall–Kier alpha value is -3.06. The number of aliphatic hydroxyl groups is 1. The molecule has 3 N–H and O–H groups in total. The maximum atomic E-state index is 13.0. The fourth-order valence-electron chi connectivity index (χ4n) is 5.69. The molecule has 0 radical (unpaired) electrons. The number of amides is 2. The molecule has 2 fully saturated rings. The van der Waals surface area contributed by atoms with Crippen LogP contribution < -0.4 is 10.6 Å². The van der Waals surface area contributed by atoms with Gasteiger partial charge in [-0.2, -0.15) is 13.2 Å². The van der Waals surface area contributed by atoms with E-state index in [1.165, 1.54) is 6.07 Å². The van der Waals surface area contributed by atoms with Crippen LogP contribution in [0.15, 0.2) is 42.6 Å². The summed E-state index contributed by atoms with van der Waals surface area (Å²) in [5.41, 5.74) is -0.488. The SMILES string of the molecule is COCc1ccc(C2(O)CCC(NC3C[C@@H](COC)N(C(=O)CNC(=O)c4cccc(C(F)(F)F)c4)C3)CC2)nc1. The van der Waals surface area contributed by atoms with Crippen LogP contribution in [0, 0.1) is 0 Å². The zero-order valence-corrected chi connectivity index (χ0v) is 23.2. The van der Waals surface area contributed by atoms with Gasteiger partial charge in [-0.05, 0) is 61.9 Å². The molecule has 1 aliphatic heterocycles. The molecule has 12 heteroatoms. The number of aromatic nitrogens is 1. The monoisotopic (exact) mass is 578 g/mol. The van der Waals surface area contributed by atoms with Crippen LogP contribution in [0.3, 0.4) is 0 Å². The third-order valence-corrected chi connectivity index (χ3v) is 7.84. The second kappa shape index (κ2) is 13.3. The third kappa shape index (κ3) is 7.82. The number of methoxy groups -OCH3 is 2. The molecule has 1 unspecified atom stereocenters. The predicted molar refractivity (Wildman–Crippen MR) is 144 cm³/mol. The highest BCUT2D eigenvalue weighted by atomic mass is 19.4. The van der Waals surface area contributed by atoms with E-state index < -0.39 is 23.2 Å². The minimum atomic E-state index is -4.57. The summed E-state index contributed by atoms with van der Waals surface area (Å²) in [5.74, 6) is -1.09. The fourth-order valence-corrected chi connectivity index (χ4v) is 5.69. The van der Waals surface area contributed by atoms with E-state index in [-0.39, 0.29) is 36.1 Å². The van der Waals surface area contributed by atoms with Gasteiger partial charge in [0.25, 0.3) is 5.91 Å². The highest BCUT2D eigenvalue weighted by Gasteiger charge is 2.40. The van der Waals surface area contributed by atoms with Gasteiger partial charge in [-0.15, -0.1) is 0 Å². The molecule has 4 rings (SSSR count). The van der Waals surface area contributed by atoms with Crippen LogP contribution in [-0.2, 0) is 32.7 Å². The molecule has 2 atom stereocenters. The first-order chi connectivity index (χ1) is 19.5. The van der Waals surface area contributed by atoms with E-state index in [4.69, 9.17) is 9.47 Å². The van der Waals surface area contributed by atoms with Gasteiger partial charge in [0.2, 0.25) is 5.91 Å². The van der Waals surface area contributed by atoms with Crippen LogP contribution >= 0.6 is 0 Å². The van der Waals surface area contributed by atoms with Gasteiger partial charge >= 0.3 is 6.18 Å². The number of hydrogen-bond acceptors (Lipinski definition) is 7. The van der Waals surface area contributed by atoms with Gasteiger partial charge in [-0.3, -0.25) is 14.6 Å². The Morgan fingerprint density at radius 1 is 1.12 bits per heavy atom. The summed E-state index contributed by atoms with van der Waals surface area (Å²) in [4.78, 5) is 31.6. The van der Waals surface area contributed by atoms with E-state index in [2.05, 4.69) is 15.6 Å². The number of hydrogen-bond donors (Lipinski definition) is 3. The molecular weight excluding hydrogens is 541 g/mol. The van der Waals surface area contributed by atoms with E-state index in [1.807, 2.05) is 12.1 Å². The summed E-state index contributed by atoms with van der Waals surface area (Å²) in [5, 5.41) is 17.3. The summed E-state index contributed by atoms with van der Waals surface area (Å²) < 4.78 is 49.4. The first kappa shape index (κ1) is 30.9. The number of carbonyl (C=O) groups excluding carboxylic acids is 2. The van der Waals surface area contributed by atoms with Crippen molar-refractivity contribution in [2.24, 2.45) is 0 Å². The number of carbonyl (C=O) groups is 2.